The Morgan fingerprint density at radius 3 is 1.75 bits per heavy atom. The lowest BCUT2D eigenvalue weighted by atomic mass is 10.2. The number of rotatable bonds is 8. The fourth-order valence-corrected chi connectivity index (χ4v) is 8.32. The largest absolute Gasteiger partial charge is 0.415 e. The Bertz CT molecular complexity index is 695. The topological polar surface area (TPSA) is 86.7 Å². The van der Waals surface area contributed by atoms with Gasteiger partial charge in [-0.15, -0.1) is 0 Å². The van der Waals surface area contributed by atoms with Crippen LogP contribution in [0.25, 0.3) is 0 Å². The van der Waals surface area contributed by atoms with Gasteiger partial charge in [0.05, 0.1) is 29.0 Å². The van der Waals surface area contributed by atoms with Crippen molar-refractivity contribution in [1.82, 2.24) is 0 Å². The monoisotopic (exact) mass is 398 g/mol. The predicted molar refractivity (Wildman–Crippen MR) is 96.8 cm³/mol. The maximum atomic E-state index is 13.2. The second kappa shape index (κ2) is 5.77. The van der Waals surface area contributed by atoms with Gasteiger partial charge < -0.3 is 4.43 Å². The van der Waals surface area contributed by atoms with Crippen molar-refractivity contribution < 1.29 is 25.4 Å². The first-order chi connectivity index (χ1) is 10.6. The molecule has 9 heteroatoms. The smallest absolute Gasteiger partial charge is 0.268 e. The third-order valence-electron chi connectivity index (χ3n) is 5.95. The first-order valence-corrected chi connectivity index (χ1v) is 14.3. The lowest BCUT2D eigenvalue weighted by Gasteiger charge is -2.37. The van der Waals surface area contributed by atoms with Crippen LogP contribution in [-0.2, 0) is 28.6 Å². The van der Waals surface area contributed by atoms with E-state index in [1.54, 1.807) is 0 Å². The van der Waals surface area contributed by atoms with Crippen LogP contribution < -0.4 is 0 Å². The molecule has 2 aliphatic carbocycles. The number of hydrogen-bond donors (Lipinski definition) is 0. The molecule has 0 aliphatic heterocycles. The summed E-state index contributed by atoms with van der Waals surface area (Å²) in [6, 6.07) is 0. The van der Waals surface area contributed by atoms with Crippen LogP contribution in [0.2, 0.25) is 18.1 Å². The molecule has 0 aromatic rings. The molecule has 2 aliphatic rings. The maximum absolute atomic E-state index is 13.2. The Hall–Kier alpha value is 0.0369. The summed E-state index contributed by atoms with van der Waals surface area (Å²) in [7, 11) is -8.38. The molecule has 0 bridgehead atoms. The molecule has 2 fully saturated rings. The Kier molecular flexibility index (Phi) is 4.89. The second-order valence-electron chi connectivity index (χ2n) is 8.79. The minimum atomic E-state index is -3.81. The minimum absolute atomic E-state index is 0.00347. The summed E-state index contributed by atoms with van der Waals surface area (Å²) in [5.74, 6) is -0.444. The van der Waals surface area contributed by atoms with Gasteiger partial charge in [0.15, 0.2) is 18.2 Å². The van der Waals surface area contributed by atoms with E-state index >= 15 is 0 Å². The molecule has 6 nitrogen and oxygen atoms in total. The van der Waals surface area contributed by atoms with E-state index in [2.05, 4.69) is 38.0 Å². The third-order valence-corrected chi connectivity index (χ3v) is 15.4. The van der Waals surface area contributed by atoms with E-state index in [1.165, 1.54) is 0 Å². The van der Waals surface area contributed by atoms with Crippen LogP contribution >= 0.6 is 0 Å². The zero-order valence-corrected chi connectivity index (χ0v) is 18.1. The van der Waals surface area contributed by atoms with Gasteiger partial charge in [-0.3, -0.25) is 4.18 Å². The molecule has 0 N–H and O–H groups in total. The Morgan fingerprint density at radius 2 is 1.42 bits per heavy atom. The first-order valence-electron chi connectivity index (χ1n) is 8.30. The summed E-state index contributed by atoms with van der Waals surface area (Å²) >= 11 is 0. The van der Waals surface area contributed by atoms with Gasteiger partial charge in [0.2, 0.25) is 0 Å². The van der Waals surface area contributed by atoms with Crippen LogP contribution in [0.15, 0.2) is 0 Å². The highest BCUT2D eigenvalue weighted by Gasteiger charge is 2.68. The third kappa shape index (κ3) is 3.47. The summed E-state index contributed by atoms with van der Waals surface area (Å²) in [6.07, 6.45) is 1.89. The van der Waals surface area contributed by atoms with Gasteiger partial charge in [0, 0.05) is 0 Å². The van der Waals surface area contributed by atoms with Gasteiger partial charge >= 0.3 is 0 Å². The highest BCUT2D eigenvalue weighted by atomic mass is 32.2. The fourth-order valence-electron chi connectivity index (χ4n) is 2.63. The predicted octanol–water partition coefficient (Wildman–Crippen LogP) is 2.46. The molecular formula is C15H30O6S2Si. The van der Waals surface area contributed by atoms with Crippen molar-refractivity contribution in [3.05, 3.63) is 0 Å². The molecule has 0 amide bonds. The normalized spacial score (nSPS) is 23.1. The average Bonchev–Trinajstić information content (AvgIpc) is 3.30. The molecule has 0 aromatic carbocycles. The molecule has 142 valence electrons. The highest BCUT2D eigenvalue weighted by molar-refractivity contribution is 7.96. The van der Waals surface area contributed by atoms with Crippen LogP contribution in [0, 0.1) is 0 Å². The molecule has 0 heterocycles. The quantitative estimate of drug-likeness (QED) is 0.461. The van der Waals surface area contributed by atoms with Crippen LogP contribution in [-0.4, -0.2) is 54.1 Å². The van der Waals surface area contributed by atoms with Gasteiger partial charge in [0.1, 0.15) is 0 Å². The molecule has 2 saturated carbocycles. The zero-order chi connectivity index (χ0) is 18.7. The standard InChI is InChI=1S/C15H30O6S2Si/c1-13(2,3)24(5,6)21-11-14(7-8-14)23(18,19)15(9-10-15)12-22(16,17)20-4/h7-12H2,1-6H3. The first kappa shape index (κ1) is 20.4. The van der Waals surface area contributed by atoms with Gasteiger partial charge in [-0.2, -0.15) is 8.42 Å². The van der Waals surface area contributed by atoms with Gasteiger partial charge in [-0.1, -0.05) is 20.8 Å². The SMILES string of the molecule is COS(=O)(=O)CC1(S(=O)(=O)C2(CO[Si](C)(C)C(C)(C)C)CC2)CC1. The van der Waals surface area contributed by atoms with E-state index in [4.69, 9.17) is 4.43 Å². The van der Waals surface area contributed by atoms with Crippen molar-refractivity contribution in [2.45, 2.75) is 74.1 Å². The van der Waals surface area contributed by atoms with Crippen LogP contribution in [0.4, 0.5) is 0 Å². The van der Waals surface area contributed by atoms with Crippen molar-refractivity contribution in [3.63, 3.8) is 0 Å². The molecule has 0 spiro atoms. The molecule has 0 unspecified atom stereocenters. The summed E-state index contributed by atoms with van der Waals surface area (Å²) in [6.45, 7) is 10.7. The van der Waals surface area contributed by atoms with E-state index in [9.17, 15) is 16.8 Å². The number of hydrogen-bond acceptors (Lipinski definition) is 6. The van der Waals surface area contributed by atoms with E-state index in [1.807, 2.05) is 0 Å². The van der Waals surface area contributed by atoms with E-state index in [0.717, 1.165) is 7.11 Å². The van der Waals surface area contributed by atoms with Crippen LogP contribution in [0.1, 0.15) is 46.5 Å². The maximum Gasteiger partial charge on any atom is 0.268 e. The van der Waals surface area contributed by atoms with E-state index < -0.39 is 43.5 Å². The molecule has 0 aromatic heterocycles. The molecule has 24 heavy (non-hydrogen) atoms. The van der Waals surface area contributed by atoms with Crippen molar-refractivity contribution in [2.75, 3.05) is 19.5 Å². The fraction of sp³-hybridized carbons (Fsp3) is 1.00. The Balaban J connectivity index is 2.18. The molecule has 0 saturated heterocycles. The van der Waals surface area contributed by atoms with E-state index in [-0.39, 0.29) is 11.6 Å². The van der Waals surface area contributed by atoms with E-state index in [0.29, 0.717) is 25.7 Å². The summed E-state index contributed by atoms with van der Waals surface area (Å²) in [5.41, 5.74) is 0. The summed E-state index contributed by atoms with van der Waals surface area (Å²) in [4.78, 5) is 0. The van der Waals surface area contributed by atoms with Gasteiger partial charge in [-0.25, -0.2) is 8.42 Å². The molecule has 0 radical (unpaired) electrons. The zero-order valence-electron chi connectivity index (χ0n) is 15.5. The Morgan fingerprint density at radius 1 is 0.958 bits per heavy atom. The van der Waals surface area contributed by atoms with Crippen molar-refractivity contribution in [3.8, 4) is 0 Å². The average molecular weight is 399 g/mol. The number of sulfone groups is 1. The summed E-state index contributed by atoms with van der Waals surface area (Å²) < 4.78 is 58.5. The second-order valence-corrected chi connectivity index (χ2v) is 18.1. The lowest BCUT2D eigenvalue weighted by molar-refractivity contribution is 0.277. The van der Waals surface area contributed by atoms with Crippen LogP contribution in [0.5, 0.6) is 0 Å². The summed E-state index contributed by atoms with van der Waals surface area (Å²) in [5, 5.41) is 0.00347. The van der Waals surface area contributed by atoms with Crippen LogP contribution in [0.3, 0.4) is 0 Å². The highest BCUT2D eigenvalue weighted by Crippen LogP contribution is 2.57. The minimum Gasteiger partial charge on any atom is -0.415 e. The van der Waals surface area contributed by atoms with Crippen molar-refractivity contribution in [1.29, 1.82) is 0 Å². The van der Waals surface area contributed by atoms with Gasteiger partial charge in [-0.05, 0) is 43.8 Å². The molecular weight excluding hydrogens is 368 g/mol. The lowest BCUT2D eigenvalue weighted by Crippen LogP contribution is -2.47. The van der Waals surface area contributed by atoms with Gasteiger partial charge in [0.25, 0.3) is 10.1 Å². The Labute approximate surface area is 147 Å². The molecule has 0 atom stereocenters. The van der Waals surface area contributed by atoms with Crippen molar-refractivity contribution >= 4 is 28.3 Å². The van der Waals surface area contributed by atoms with Crippen molar-refractivity contribution in [2.24, 2.45) is 0 Å². The molecule has 2 rings (SSSR count).